The summed E-state index contributed by atoms with van der Waals surface area (Å²) in [5.74, 6) is -1.12. The summed E-state index contributed by atoms with van der Waals surface area (Å²) in [4.78, 5) is 13.0. The molecule has 2 atom stereocenters. The molecule has 0 bridgehead atoms. The molecule has 5 nitrogen and oxygen atoms in total. The van der Waals surface area contributed by atoms with Gasteiger partial charge in [-0.3, -0.25) is 8.98 Å². The van der Waals surface area contributed by atoms with Crippen LogP contribution >= 0.6 is 0 Å². The van der Waals surface area contributed by atoms with Crippen LogP contribution in [0.3, 0.4) is 0 Å². The monoisotopic (exact) mass is 418 g/mol. The van der Waals surface area contributed by atoms with Crippen LogP contribution in [0.25, 0.3) is 0 Å². The standard InChI is InChI=1S/C23H30O5S/c1-2-3-4-7-12-19(17-24)18-29(26,27)28-23(21-15-10-6-11-16-21)22(25)20-13-8-5-9-14-20/h5-6,8-11,13-16,19,23-24H,2-4,7,12,17-18H2,1H3. The van der Waals surface area contributed by atoms with Gasteiger partial charge in [-0.2, -0.15) is 8.42 Å². The van der Waals surface area contributed by atoms with Crippen molar-refractivity contribution in [1.29, 1.82) is 0 Å². The lowest BCUT2D eigenvalue weighted by Crippen LogP contribution is -2.26. The highest BCUT2D eigenvalue weighted by molar-refractivity contribution is 7.86. The summed E-state index contributed by atoms with van der Waals surface area (Å²) in [5.41, 5.74) is 0.864. The van der Waals surface area contributed by atoms with Gasteiger partial charge >= 0.3 is 0 Å². The minimum absolute atomic E-state index is 0.225. The number of carbonyl (C=O) groups is 1. The van der Waals surface area contributed by atoms with Gasteiger partial charge in [-0.25, -0.2) is 0 Å². The van der Waals surface area contributed by atoms with Crippen molar-refractivity contribution in [3.05, 3.63) is 71.8 Å². The van der Waals surface area contributed by atoms with Gasteiger partial charge in [0.05, 0.1) is 5.75 Å². The Kier molecular flexibility index (Phi) is 9.51. The minimum atomic E-state index is -4.02. The zero-order valence-electron chi connectivity index (χ0n) is 16.9. The summed E-state index contributed by atoms with van der Waals surface area (Å²) in [6.45, 7) is 1.88. The molecule has 0 saturated carbocycles. The van der Waals surface area contributed by atoms with Gasteiger partial charge in [0.2, 0.25) is 0 Å². The molecule has 1 N–H and O–H groups in total. The first kappa shape index (κ1) is 23.3. The van der Waals surface area contributed by atoms with Gasteiger partial charge in [0.1, 0.15) is 0 Å². The fourth-order valence-corrected chi connectivity index (χ4v) is 4.61. The number of Topliss-reactive ketones (excluding diaryl/α,β-unsaturated/α-hetero) is 1. The topological polar surface area (TPSA) is 80.7 Å². The van der Waals surface area contributed by atoms with Crippen molar-refractivity contribution in [3.63, 3.8) is 0 Å². The molecule has 0 aliphatic rings. The number of benzene rings is 2. The van der Waals surface area contributed by atoms with Crippen molar-refractivity contribution < 1.29 is 22.5 Å². The predicted molar refractivity (Wildman–Crippen MR) is 114 cm³/mol. The van der Waals surface area contributed by atoms with E-state index in [0.29, 0.717) is 17.5 Å². The first-order valence-electron chi connectivity index (χ1n) is 10.1. The first-order chi connectivity index (χ1) is 14.0. The molecule has 29 heavy (non-hydrogen) atoms. The van der Waals surface area contributed by atoms with E-state index in [1.807, 2.05) is 0 Å². The smallest absolute Gasteiger partial charge is 0.268 e. The average molecular weight is 419 g/mol. The number of unbranched alkanes of at least 4 members (excludes halogenated alkanes) is 3. The van der Waals surface area contributed by atoms with E-state index in [-0.39, 0.29) is 12.4 Å². The highest BCUT2D eigenvalue weighted by atomic mass is 32.2. The van der Waals surface area contributed by atoms with Crippen molar-refractivity contribution in [2.24, 2.45) is 5.92 Å². The van der Waals surface area contributed by atoms with Crippen LogP contribution in [0.4, 0.5) is 0 Å². The summed E-state index contributed by atoms with van der Waals surface area (Å²) in [5, 5.41) is 9.60. The van der Waals surface area contributed by atoms with E-state index >= 15 is 0 Å². The van der Waals surface area contributed by atoms with Crippen LogP contribution in [0.5, 0.6) is 0 Å². The Hall–Kier alpha value is -2.02. The van der Waals surface area contributed by atoms with Gasteiger partial charge in [-0.05, 0) is 17.9 Å². The molecule has 0 fully saturated rings. The van der Waals surface area contributed by atoms with E-state index in [4.69, 9.17) is 4.18 Å². The molecule has 0 aliphatic carbocycles. The van der Waals surface area contributed by atoms with Gasteiger partial charge in [-0.15, -0.1) is 0 Å². The SMILES string of the molecule is CCCCCCC(CO)CS(=O)(=O)OC(C(=O)c1ccccc1)c1ccccc1. The summed E-state index contributed by atoms with van der Waals surface area (Å²) < 4.78 is 30.9. The number of hydrogen-bond acceptors (Lipinski definition) is 5. The first-order valence-corrected chi connectivity index (χ1v) is 11.7. The van der Waals surface area contributed by atoms with Crippen molar-refractivity contribution in [1.82, 2.24) is 0 Å². The predicted octanol–water partition coefficient (Wildman–Crippen LogP) is 4.54. The van der Waals surface area contributed by atoms with E-state index in [9.17, 15) is 18.3 Å². The molecule has 158 valence electrons. The number of carbonyl (C=O) groups excluding carboxylic acids is 1. The molecule has 0 amide bonds. The zero-order chi connectivity index (χ0) is 21.1. The highest BCUT2D eigenvalue weighted by Crippen LogP contribution is 2.26. The van der Waals surface area contributed by atoms with Crippen LogP contribution in [0.2, 0.25) is 0 Å². The third-order valence-electron chi connectivity index (χ3n) is 4.81. The van der Waals surface area contributed by atoms with E-state index < -0.39 is 27.9 Å². The molecular formula is C23H30O5S. The molecule has 2 unspecified atom stereocenters. The molecule has 0 heterocycles. The van der Waals surface area contributed by atoms with Crippen LogP contribution in [0, 0.1) is 5.92 Å². The normalized spacial score (nSPS) is 13.7. The van der Waals surface area contributed by atoms with Crippen molar-refractivity contribution in [3.8, 4) is 0 Å². The minimum Gasteiger partial charge on any atom is -0.396 e. The molecule has 0 aromatic heterocycles. The van der Waals surface area contributed by atoms with Crippen LogP contribution in [-0.2, 0) is 14.3 Å². The maximum atomic E-state index is 13.0. The molecular weight excluding hydrogens is 388 g/mol. The number of aliphatic hydroxyl groups excluding tert-OH is 1. The summed E-state index contributed by atoms with van der Waals surface area (Å²) >= 11 is 0. The van der Waals surface area contributed by atoms with E-state index in [2.05, 4.69) is 6.92 Å². The van der Waals surface area contributed by atoms with Gasteiger partial charge < -0.3 is 5.11 Å². The third kappa shape index (κ3) is 7.72. The Balaban J connectivity index is 2.15. The summed E-state index contributed by atoms with van der Waals surface area (Å²) in [6.07, 6.45) is 3.41. The van der Waals surface area contributed by atoms with Crippen molar-refractivity contribution >= 4 is 15.9 Å². The van der Waals surface area contributed by atoms with Gasteiger partial charge in [0.25, 0.3) is 10.1 Å². The molecule has 6 heteroatoms. The Labute approximate surface area is 173 Å². The maximum absolute atomic E-state index is 13.0. The molecule has 0 aliphatic heterocycles. The number of ketones is 1. The Bertz CT molecular complexity index is 834. The second kappa shape index (κ2) is 11.9. The quantitative estimate of drug-likeness (QED) is 0.293. The maximum Gasteiger partial charge on any atom is 0.268 e. The summed E-state index contributed by atoms with van der Waals surface area (Å²) in [7, 11) is -4.02. The Morgan fingerprint density at radius 1 is 0.966 bits per heavy atom. The summed E-state index contributed by atoms with van der Waals surface area (Å²) in [6, 6.07) is 17.1. The lowest BCUT2D eigenvalue weighted by atomic mass is 10.0. The van der Waals surface area contributed by atoms with E-state index in [1.54, 1.807) is 60.7 Å². The van der Waals surface area contributed by atoms with Crippen LogP contribution in [0.15, 0.2) is 60.7 Å². The third-order valence-corrected chi connectivity index (χ3v) is 6.17. The highest BCUT2D eigenvalue weighted by Gasteiger charge is 2.30. The second-order valence-electron chi connectivity index (χ2n) is 7.24. The fraction of sp³-hybridized carbons (Fsp3) is 0.435. The largest absolute Gasteiger partial charge is 0.396 e. The molecule has 2 rings (SSSR count). The molecule has 0 spiro atoms. The number of aliphatic hydroxyl groups is 1. The molecule has 2 aromatic rings. The Morgan fingerprint density at radius 2 is 1.59 bits per heavy atom. The Morgan fingerprint density at radius 3 is 2.17 bits per heavy atom. The lowest BCUT2D eigenvalue weighted by molar-refractivity contribution is 0.0799. The van der Waals surface area contributed by atoms with Crippen molar-refractivity contribution in [2.45, 2.75) is 45.1 Å². The van der Waals surface area contributed by atoms with E-state index in [1.165, 1.54) is 0 Å². The number of rotatable bonds is 13. The van der Waals surface area contributed by atoms with Gasteiger partial charge in [0, 0.05) is 12.2 Å². The van der Waals surface area contributed by atoms with Crippen LogP contribution < -0.4 is 0 Å². The second-order valence-corrected chi connectivity index (χ2v) is 8.88. The van der Waals surface area contributed by atoms with E-state index in [0.717, 1.165) is 25.7 Å². The molecule has 0 radical (unpaired) electrons. The van der Waals surface area contributed by atoms with Gasteiger partial charge in [0.15, 0.2) is 11.9 Å². The molecule has 2 aromatic carbocycles. The zero-order valence-corrected chi connectivity index (χ0v) is 17.7. The fourth-order valence-electron chi connectivity index (χ4n) is 3.19. The number of hydrogen-bond donors (Lipinski definition) is 1. The molecule has 0 saturated heterocycles. The van der Waals surface area contributed by atoms with Crippen LogP contribution in [0.1, 0.15) is 61.1 Å². The van der Waals surface area contributed by atoms with Crippen LogP contribution in [-0.4, -0.2) is 31.7 Å². The van der Waals surface area contributed by atoms with Crippen molar-refractivity contribution in [2.75, 3.05) is 12.4 Å². The van der Waals surface area contributed by atoms with Gasteiger partial charge in [-0.1, -0.05) is 93.3 Å². The lowest BCUT2D eigenvalue weighted by Gasteiger charge is -2.19. The average Bonchev–Trinajstić information content (AvgIpc) is 2.75.